The Labute approximate surface area is 247 Å². The number of hydrogen-bond donors (Lipinski definition) is 1. The molecule has 0 amide bonds. The molecule has 5 rings (SSSR count). The highest BCUT2D eigenvalue weighted by Gasteiger charge is 2.38. The van der Waals surface area contributed by atoms with Crippen molar-refractivity contribution < 1.29 is 31.1 Å². The number of aromatic nitrogens is 2. The molecule has 232 valence electrons. The van der Waals surface area contributed by atoms with Crippen LogP contribution >= 0.6 is 0 Å². The number of halogens is 6. The van der Waals surface area contributed by atoms with Crippen molar-refractivity contribution in [2.24, 2.45) is 0 Å². The molecule has 0 bridgehead atoms. The lowest BCUT2D eigenvalue weighted by molar-refractivity contribution is -0.143. The minimum absolute atomic E-state index is 0.0495. The van der Waals surface area contributed by atoms with Crippen LogP contribution in [0.3, 0.4) is 0 Å². The first-order chi connectivity index (χ1) is 20.5. The van der Waals surface area contributed by atoms with Gasteiger partial charge in [0.15, 0.2) is 0 Å². The third-order valence-corrected chi connectivity index (χ3v) is 8.10. The lowest BCUT2D eigenvalue weighted by Crippen LogP contribution is -2.53. The van der Waals surface area contributed by atoms with Crippen molar-refractivity contribution in [1.29, 1.82) is 0 Å². The van der Waals surface area contributed by atoms with E-state index < -0.39 is 23.5 Å². The first-order valence-electron chi connectivity index (χ1n) is 14.5. The smallest absolute Gasteiger partial charge is 0.378 e. The number of alkyl halides is 6. The lowest BCUT2D eigenvalue weighted by atomic mass is 9.88. The minimum atomic E-state index is -4.93. The fraction of sp³-hybridized carbons (Fsp3) is 0.484. The monoisotopic (exact) mass is 607 g/mol. The third-order valence-electron chi connectivity index (χ3n) is 8.10. The van der Waals surface area contributed by atoms with E-state index in [1.165, 1.54) is 0 Å². The van der Waals surface area contributed by atoms with Crippen LogP contribution in [0, 0.1) is 0 Å². The molecule has 3 heterocycles. The van der Waals surface area contributed by atoms with Crippen molar-refractivity contribution in [3.8, 4) is 0 Å². The summed E-state index contributed by atoms with van der Waals surface area (Å²) in [6.07, 6.45) is -3.73. The van der Waals surface area contributed by atoms with E-state index in [-0.39, 0.29) is 42.2 Å². The molecule has 12 heteroatoms. The van der Waals surface area contributed by atoms with Crippen LogP contribution in [0.5, 0.6) is 0 Å². The summed E-state index contributed by atoms with van der Waals surface area (Å²) in [5.74, 6) is 0.267. The number of piperidine rings is 1. The first-order valence-corrected chi connectivity index (χ1v) is 14.5. The van der Waals surface area contributed by atoms with Crippen LogP contribution in [-0.4, -0.2) is 54.4 Å². The van der Waals surface area contributed by atoms with E-state index in [1.54, 1.807) is 17.3 Å². The fourth-order valence-electron chi connectivity index (χ4n) is 5.92. The van der Waals surface area contributed by atoms with Crippen molar-refractivity contribution in [3.05, 3.63) is 83.2 Å². The highest BCUT2D eigenvalue weighted by atomic mass is 19.4. The molecule has 43 heavy (non-hydrogen) atoms. The number of nitrogens with zero attached hydrogens (tertiary/aromatic N) is 4. The molecule has 0 aliphatic carbocycles. The van der Waals surface area contributed by atoms with Crippen molar-refractivity contribution in [1.82, 2.24) is 15.3 Å². The Kier molecular flexibility index (Phi) is 9.45. The lowest BCUT2D eigenvalue weighted by Gasteiger charge is -2.42. The highest BCUT2D eigenvalue weighted by Crippen LogP contribution is 2.37. The molecule has 0 radical (unpaired) electrons. The molecular weight excluding hydrogens is 572 g/mol. The summed E-state index contributed by atoms with van der Waals surface area (Å²) < 4.78 is 87.6. The Morgan fingerprint density at radius 1 is 0.860 bits per heavy atom. The zero-order valence-corrected chi connectivity index (χ0v) is 23.8. The second-order valence-corrected chi connectivity index (χ2v) is 11.2. The maximum absolute atomic E-state index is 13.7. The molecule has 1 N–H and O–H groups in total. The minimum Gasteiger partial charge on any atom is -0.378 e. The van der Waals surface area contributed by atoms with E-state index in [2.05, 4.69) is 27.1 Å². The highest BCUT2D eigenvalue weighted by molar-refractivity contribution is 5.47. The summed E-state index contributed by atoms with van der Waals surface area (Å²) in [6.45, 7) is 4.33. The number of anilines is 2. The van der Waals surface area contributed by atoms with Crippen molar-refractivity contribution in [2.75, 3.05) is 36.1 Å². The summed E-state index contributed by atoms with van der Waals surface area (Å²) in [5.41, 5.74) is -0.849. The summed E-state index contributed by atoms with van der Waals surface area (Å²) in [6, 6.07) is 11.6. The van der Waals surface area contributed by atoms with Crippen LogP contribution in [0.25, 0.3) is 0 Å². The number of nitrogens with one attached hydrogen (secondary N) is 1. The van der Waals surface area contributed by atoms with Gasteiger partial charge in [0.25, 0.3) is 0 Å². The fourth-order valence-corrected chi connectivity index (χ4v) is 5.92. The number of ether oxygens (including phenoxy) is 1. The van der Waals surface area contributed by atoms with Gasteiger partial charge in [-0.2, -0.15) is 26.3 Å². The predicted octanol–water partition coefficient (Wildman–Crippen LogP) is 6.50. The normalized spacial score (nSPS) is 21.6. The van der Waals surface area contributed by atoms with Gasteiger partial charge in [0.05, 0.1) is 42.4 Å². The second kappa shape index (κ2) is 13.1. The van der Waals surface area contributed by atoms with Crippen LogP contribution in [-0.2, 0) is 30.1 Å². The quantitative estimate of drug-likeness (QED) is 0.295. The Hall–Kier alpha value is -3.38. The van der Waals surface area contributed by atoms with E-state index in [1.807, 2.05) is 30.3 Å². The molecule has 0 saturated carbocycles. The van der Waals surface area contributed by atoms with Crippen LogP contribution < -0.4 is 15.1 Å². The second-order valence-electron chi connectivity index (χ2n) is 11.2. The van der Waals surface area contributed by atoms with Gasteiger partial charge in [0.2, 0.25) is 5.95 Å². The molecule has 2 aromatic carbocycles. The zero-order chi connectivity index (χ0) is 30.6. The van der Waals surface area contributed by atoms with E-state index in [0.29, 0.717) is 39.1 Å². The van der Waals surface area contributed by atoms with Crippen molar-refractivity contribution in [3.63, 3.8) is 0 Å². The van der Waals surface area contributed by atoms with Gasteiger partial charge in [-0.1, -0.05) is 37.3 Å². The largest absolute Gasteiger partial charge is 0.416 e. The van der Waals surface area contributed by atoms with Gasteiger partial charge in [0.1, 0.15) is 0 Å². The van der Waals surface area contributed by atoms with Gasteiger partial charge in [-0.25, -0.2) is 9.97 Å². The Bertz CT molecular complexity index is 1300. The van der Waals surface area contributed by atoms with E-state index in [9.17, 15) is 26.3 Å². The molecule has 3 aromatic rings. The van der Waals surface area contributed by atoms with Crippen LogP contribution in [0.4, 0.5) is 38.0 Å². The van der Waals surface area contributed by atoms with E-state index >= 15 is 0 Å². The standard InChI is InChI=1S/C31H35F6N5O/c1-2-25-16-27(17-26(40-25)14-21-6-4-3-5-7-21)42(29-38-18-28(19-39-29)41-8-10-43-11-9-41)20-22-12-23(30(32,33)34)15-24(13-22)31(35,36)37/h3-7,12-13,15,18-19,25-27,40H,2,8-11,14,16-17,20H2,1H3/t25-,26+,27?/m1/s1. The van der Waals surface area contributed by atoms with Gasteiger partial charge >= 0.3 is 12.4 Å². The molecule has 2 saturated heterocycles. The van der Waals surface area contributed by atoms with Gasteiger partial charge in [-0.3, -0.25) is 0 Å². The van der Waals surface area contributed by atoms with E-state index in [4.69, 9.17) is 4.74 Å². The van der Waals surface area contributed by atoms with Gasteiger partial charge in [0, 0.05) is 37.8 Å². The SMILES string of the molecule is CC[C@@H]1CC(N(Cc2cc(C(F)(F)F)cc(C(F)(F)F)c2)c2ncc(N3CCOCC3)cn2)C[C@H](Cc2ccccc2)N1. The Morgan fingerprint density at radius 2 is 1.47 bits per heavy atom. The van der Waals surface area contributed by atoms with Crippen molar-refractivity contribution in [2.45, 2.75) is 69.6 Å². The molecule has 2 aliphatic rings. The van der Waals surface area contributed by atoms with Crippen LogP contribution in [0.1, 0.15) is 48.4 Å². The van der Waals surface area contributed by atoms with Gasteiger partial charge in [-0.05, 0) is 55.0 Å². The van der Waals surface area contributed by atoms with Crippen LogP contribution in [0.2, 0.25) is 0 Å². The third kappa shape index (κ3) is 7.97. The average Bonchev–Trinajstić information content (AvgIpc) is 3.00. The van der Waals surface area contributed by atoms with E-state index in [0.717, 1.165) is 36.2 Å². The van der Waals surface area contributed by atoms with Crippen LogP contribution in [0.15, 0.2) is 60.9 Å². The number of rotatable bonds is 8. The summed E-state index contributed by atoms with van der Waals surface area (Å²) >= 11 is 0. The molecule has 1 aromatic heterocycles. The zero-order valence-electron chi connectivity index (χ0n) is 23.8. The van der Waals surface area contributed by atoms with Gasteiger partial charge < -0.3 is 19.9 Å². The van der Waals surface area contributed by atoms with Crippen molar-refractivity contribution >= 4 is 11.6 Å². The summed E-state index contributed by atoms with van der Waals surface area (Å²) in [5, 5.41) is 3.68. The molecule has 3 atom stereocenters. The molecule has 2 aliphatic heterocycles. The predicted molar refractivity (Wildman–Crippen MR) is 152 cm³/mol. The molecule has 6 nitrogen and oxygen atoms in total. The molecule has 1 unspecified atom stereocenters. The number of hydrogen-bond acceptors (Lipinski definition) is 6. The average molecular weight is 608 g/mol. The Morgan fingerprint density at radius 3 is 2.05 bits per heavy atom. The molecular formula is C31H35F6N5O. The topological polar surface area (TPSA) is 53.5 Å². The summed E-state index contributed by atoms with van der Waals surface area (Å²) in [4.78, 5) is 13.0. The number of benzene rings is 2. The number of morpholine rings is 1. The Balaban J connectivity index is 1.50. The summed E-state index contributed by atoms with van der Waals surface area (Å²) in [7, 11) is 0. The maximum atomic E-state index is 13.7. The maximum Gasteiger partial charge on any atom is 0.416 e. The molecule has 0 spiro atoms. The molecule has 2 fully saturated rings. The van der Waals surface area contributed by atoms with Gasteiger partial charge in [-0.15, -0.1) is 0 Å². The first kappa shape index (κ1) is 31.1.